The quantitative estimate of drug-likeness (QED) is 0.650. The van der Waals surface area contributed by atoms with E-state index in [4.69, 9.17) is 28.6 Å². The molecule has 1 heterocycles. The highest BCUT2D eigenvalue weighted by Gasteiger charge is 2.04. The molecule has 3 aromatic rings. The predicted octanol–water partition coefficient (Wildman–Crippen LogP) is 4.40. The molecular weight excluding hydrogens is 356 g/mol. The topological polar surface area (TPSA) is 51.1 Å². The van der Waals surface area contributed by atoms with Crippen molar-refractivity contribution in [1.29, 1.82) is 0 Å². The van der Waals surface area contributed by atoms with Gasteiger partial charge in [0, 0.05) is 23.0 Å². The largest absolute Gasteiger partial charge is 0.497 e. The molecule has 2 aromatic carbocycles. The number of ether oxygens (including phenoxy) is 1. The Morgan fingerprint density at radius 1 is 1.16 bits per heavy atom. The highest BCUT2D eigenvalue weighted by atomic mass is 35.5. The number of hydrogen-bond acceptors (Lipinski definition) is 3. The third kappa shape index (κ3) is 4.95. The molecule has 0 spiro atoms. The molecule has 5 nitrogen and oxygen atoms in total. The zero-order chi connectivity index (χ0) is 17.6. The van der Waals surface area contributed by atoms with Crippen molar-refractivity contribution in [3.05, 3.63) is 71.5 Å². The van der Waals surface area contributed by atoms with Crippen molar-refractivity contribution in [3.8, 4) is 5.75 Å². The lowest BCUT2D eigenvalue weighted by atomic mass is 10.2. The van der Waals surface area contributed by atoms with E-state index in [-0.39, 0.29) is 0 Å². The molecule has 0 bridgehead atoms. The van der Waals surface area contributed by atoms with Crippen molar-refractivity contribution in [1.82, 2.24) is 9.78 Å². The number of nitrogens with one attached hydrogen (secondary N) is 2. The summed E-state index contributed by atoms with van der Waals surface area (Å²) < 4.78 is 7.02. The second-order valence-electron chi connectivity index (χ2n) is 5.37. The first-order valence-corrected chi connectivity index (χ1v) is 8.40. The minimum atomic E-state index is 0.482. The van der Waals surface area contributed by atoms with Gasteiger partial charge in [0.05, 0.1) is 25.5 Å². The van der Waals surface area contributed by atoms with E-state index in [0.29, 0.717) is 16.7 Å². The molecule has 7 heteroatoms. The molecule has 128 valence electrons. The number of anilines is 2. The van der Waals surface area contributed by atoms with E-state index >= 15 is 0 Å². The highest BCUT2D eigenvalue weighted by molar-refractivity contribution is 7.80. The molecule has 0 aliphatic rings. The third-order valence-corrected chi connectivity index (χ3v) is 3.89. The number of nitrogens with zero attached hydrogens (tertiary/aromatic N) is 2. The normalized spacial score (nSPS) is 10.3. The first-order chi connectivity index (χ1) is 12.1. The molecule has 0 atom stereocenters. The first-order valence-electron chi connectivity index (χ1n) is 7.61. The zero-order valence-corrected chi connectivity index (χ0v) is 15.1. The zero-order valence-electron chi connectivity index (χ0n) is 13.6. The van der Waals surface area contributed by atoms with Crippen LogP contribution < -0.4 is 15.4 Å². The Morgan fingerprint density at radius 2 is 1.96 bits per heavy atom. The molecule has 25 heavy (non-hydrogen) atoms. The van der Waals surface area contributed by atoms with Gasteiger partial charge in [0.2, 0.25) is 0 Å². The van der Waals surface area contributed by atoms with E-state index in [1.807, 2.05) is 59.4 Å². The molecule has 0 saturated heterocycles. The van der Waals surface area contributed by atoms with Gasteiger partial charge in [-0.15, -0.1) is 0 Å². The minimum Gasteiger partial charge on any atom is -0.497 e. The van der Waals surface area contributed by atoms with Crippen molar-refractivity contribution < 1.29 is 4.74 Å². The molecule has 0 aliphatic heterocycles. The Bertz CT molecular complexity index is 881. The maximum Gasteiger partial charge on any atom is 0.175 e. The van der Waals surface area contributed by atoms with Crippen molar-refractivity contribution in [2.75, 3.05) is 17.7 Å². The molecule has 0 amide bonds. The molecule has 3 rings (SSSR count). The molecule has 0 saturated carbocycles. The van der Waals surface area contributed by atoms with Gasteiger partial charge in [-0.05, 0) is 42.0 Å². The van der Waals surface area contributed by atoms with Gasteiger partial charge < -0.3 is 15.4 Å². The van der Waals surface area contributed by atoms with Crippen molar-refractivity contribution >= 4 is 40.3 Å². The van der Waals surface area contributed by atoms with Gasteiger partial charge in [0.15, 0.2) is 5.11 Å². The molecule has 0 radical (unpaired) electrons. The van der Waals surface area contributed by atoms with Crippen LogP contribution in [-0.4, -0.2) is 22.0 Å². The van der Waals surface area contributed by atoms with Crippen LogP contribution in [-0.2, 0) is 6.54 Å². The van der Waals surface area contributed by atoms with Gasteiger partial charge in [0.25, 0.3) is 0 Å². The Balaban J connectivity index is 1.59. The van der Waals surface area contributed by atoms with E-state index < -0.39 is 0 Å². The van der Waals surface area contributed by atoms with Crippen LogP contribution in [0.15, 0.2) is 60.9 Å². The fraction of sp³-hybridized carbons (Fsp3) is 0.111. The molecule has 0 fully saturated rings. The molecule has 1 aromatic heterocycles. The van der Waals surface area contributed by atoms with Gasteiger partial charge in [-0.3, -0.25) is 4.68 Å². The predicted molar refractivity (Wildman–Crippen MR) is 106 cm³/mol. The standard InChI is InChI=1S/C18H17ClN4OS/c1-24-17-7-3-6-15(9-17)21-18(25)22-16-10-20-23(12-16)11-13-4-2-5-14(19)8-13/h2-10,12H,11H2,1H3,(H2,21,22,25). The maximum absolute atomic E-state index is 6.01. The van der Waals surface area contributed by atoms with Crippen LogP contribution in [0.2, 0.25) is 5.02 Å². The average Bonchev–Trinajstić information content (AvgIpc) is 3.01. The highest BCUT2D eigenvalue weighted by Crippen LogP contribution is 2.17. The first kappa shape index (κ1) is 17.3. The number of benzene rings is 2. The summed E-state index contributed by atoms with van der Waals surface area (Å²) in [5, 5.41) is 11.8. The summed E-state index contributed by atoms with van der Waals surface area (Å²) in [4.78, 5) is 0. The number of thiocarbonyl (C=S) groups is 1. The summed E-state index contributed by atoms with van der Waals surface area (Å²) in [5.41, 5.74) is 2.74. The third-order valence-electron chi connectivity index (χ3n) is 3.45. The number of halogens is 1. The number of methoxy groups -OCH3 is 1. The molecule has 2 N–H and O–H groups in total. The lowest BCUT2D eigenvalue weighted by Gasteiger charge is -2.10. The van der Waals surface area contributed by atoms with E-state index in [1.165, 1.54) is 0 Å². The van der Waals surface area contributed by atoms with Crippen LogP contribution in [0, 0.1) is 0 Å². The second-order valence-corrected chi connectivity index (χ2v) is 6.21. The second kappa shape index (κ2) is 8.00. The number of aromatic nitrogens is 2. The van der Waals surface area contributed by atoms with E-state index in [1.54, 1.807) is 13.3 Å². The number of rotatable bonds is 5. The summed E-state index contributed by atoms with van der Waals surface area (Å²) in [5.74, 6) is 0.766. The Hall–Kier alpha value is -2.57. The van der Waals surface area contributed by atoms with Gasteiger partial charge >= 0.3 is 0 Å². The van der Waals surface area contributed by atoms with Crippen LogP contribution in [0.5, 0.6) is 5.75 Å². The van der Waals surface area contributed by atoms with E-state index in [2.05, 4.69) is 15.7 Å². The fourth-order valence-corrected chi connectivity index (χ4v) is 2.78. The monoisotopic (exact) mass is 372 g/mol. The van der Waals surface area contributed by atoms with Crippen molar-refractivity contribution in [2.45, 2.75) is 6.54 Å². The van der Waals surface area contributed by atoms with Gasteiger partial charge in [-0.1, -0.05) is 29.8 Å². The molecule has 0 aliphatic carbocycles. The summed E-state index contributed by atoms with van der Waals surface area (Å²) >= 11 is 11.3. The van der Waals surface area contributed by atoms with Crippen molar-refractivity contribution in [3.63, 3.8) is 0 Å². The van der Waals surface area contributed by atoms with Gasteiger partial charge in [-0.25, -0.2) is 0 Å². The lowest BCUT2D eigenvalue weighted by molar-refractivity contribution is 0.415. The van der Waals surface area contributed by atoms with Crippen LogP contribution >= 0.6 is 23.8 Å². The molecule has 0 unspecified atom stereocenters. The Labute approximate surface area is 156 Å². The van der Waals surface area contributed by atoms with Crippen LogP contribution in [0.3, 0.4) is 0 Å². The summed E-state index contributed by atoms with van der Waals surface area (Å²) in [6, 6.07) is 15.3. The fourth-order valence-electron chi connectivity index (χ4n) is 2.33. The van der Waals surface area contributed by atoms with Crippen LogP contribution in [0.4, 0.5) is 11.4 Å². The van der Waals surface area contributed by atoms with Gasteiger partial charge in [0.1, 0.15) is 5.75 Å². The van der Waals surface area contributed by atoms with Crippen LogP contribution in [0.25, 0.3) is 0 Å². The Kier molecular flexibility index (Phi) is 5.53. The summed E-state index contributed by atoms with van der Waals surface area (Å²) in [6.07, 6.45) is 3.62. The maximum atomic E-state index is 6.01. The average molecular weight is 373 g/mol. The summed E-state index contributed by atoms with van der Waals surface area (Å²) in [7, 11) is 1.63. The smallest absolute Gasteiger partial charge is 0.175 e. The van der Waals surface area contributed by atoms with Gasteiger partial charge in [-0.2, -0.15) is 5.10 Å². The Morgan fingerprint density at radius 3 is 2.76 bits per heavy atom. The van der Waals surface area contributed by atoms with Crippen molar-refractivity contribution in [2.24, 2.45) is 0 Å². The number of hydrogen-bond donors (Lipinski definition) is 2. The van der Waals surface area contributed by atoms with E-state index in [9.17, 15) is 0 Å². The van der Waals surface area contributed by atoms with Crippen LogP contribution in [0.1, 0.15) is 5.56 Å². The lowest BCUT2D eigenvalue weighted by Crippen LogP contribution is -2.18. The summed E-state index contributed by atoms with van der Waals surface area (Å²) in [6.45, 7) is 0.637. The minimum absolute atomic E-state index is 0.482. The molecular formula is C18H17ClN4OS. The SMILES string of the molecule is COc1cccc(NC(=S)Nc2cnn(Cc3cccc(Cl)c3)c2)c1. The van der Waals surface area contributed by atoms with E-state index in [0.717, 1.165) is 22.7 Å².